The molecular weight excluding hydrogens is 311 g/mol. The van der Waals surface area contributed by atoms with Crippen LogP contribution in [0.2, 0.25) is 0 Å². The summed E-state index contributed by atoms with van der Waals surface area (Å²) in [6, 6.07) is 5.11. The van der Waals surface area contributed by atoms with Crippen LogP contribution in [0.1, 0.15) is 31.7 Å². The van der Waals surface area contributed by atoms with Gasteiger partial charge in [0.2, 0.25) is 0 Å². The maximum Gasteiger partial charge on any atom is 0.406 e. The molecule has 1 aliphatic carbocycles. The maximum absolute atomic E-state index is 14.2. The van der Waals surface area contributed by atoms with Gasteiger partial charge in [0.15, 0.2) is 0 Å². The molecule has 0 spiro atoms. The number of anilines is 1. The van der Waals surface area contributed by atoms with Gasteiger partial charge in [-0.25, -0.2) is 9.18 Å². The molecule has 0 bridgehead atoms. The topological polar surface area (TPSA) is 86.2 Å². The van der Waals surface area contributed by atoms with E-state index in [-0.39, 0.29) is 11.9 Å². The first-order valence-corrected chi connectivity index (χ1v) is 8.22. The Labute approximate surface area is 141 Å². The van der Waals surface area contributed by atoms with Crippen molar-refractivity contribution in [1.82, 2.24) is 10.6 Å². The first-order valence-electron chi connectivity index (χ1n) is 8.22. The van der Waals surface area contributed by atoms with Gasteiger partial charge in [-0.3, -0.25) is 0 Å². The van der Waals surface area contributed by atoms with E-state index in [1.165, 1.54) is 13.2 Å². The number of rotatable bonds is 9. The summed E-state index contributed by atoms with van der Waals surface area (Å²) in [4.78, 5) is 11.0. The van der Waals surface area contributed by atoms with E-state index >= 15 is 0 Å². The summed E-state index contributed by atoms with van der Waals surface area (Å²) < 4.78 is 18.7. The van der Waals surface area contributed by atoms with E-state index in [1.807, 2.05) is 6.92 Å². The Morgan fingerprint density at radius 3 is 2.83 bits per heavy atom. The van der Waals surface area contributed by atoms with Crippen molar-refractivity contribution in [2.45, 2.75) is 38.3 Å². The molecule has 1 amide bonds. The zero-order valence-corrected chi connectivity index (χ0v) is 14.1. The summed E-state index contributed by atoms with van der Waals surface area (Å²) in [5, 5.41) is 17.3. The van der Waals surface area contributed by atoms with Crippen LogP contribution >= 0.6 is 0 Å². The molecule has 1 atom stereocenters. The number of carbonyl (C=O) groups excluding carboxylic acids is 1. The fourth-order valence-corrected chi connectivity index (χ4v) is 2.41. The van der Waals surface area contributed by atoms with E-state index in [4.69, 9.17) is 5.41 Å². The van der Waals surface area contributed by atoms with Crippen molar-refractivity contribution in [1.29, 1.82) is 5.41 Å². The Morgan fingerprint density at radius 1 is 1.42 bits per heavy atom. The number of hydrogen-bond acceptors (Lipinski definition) is 5. The van der Waals surface area contributed by atoms with Crippen molar-refractivity contribution in [3.05, 3.63) is 29.6 Å². The molecule has 1 saturated carbocycles. The molecule has 1 fully saturated rings. The van der Waals surface area contributed by atoms with E-state index in [0.29, 0.717) is 42.5 Å². The molecule has 0 radical (unpaired) electrons. The zero-order chi connectivity index (χ0) is 17.5. The van der Waals surface area contributed by atoms with Crippen LogP contribution in [-0.4, -0.2) is 44.1 Å². The molecule has 0 heterocycles. The molecule has 24 heavy (non-hydrogen) atoms. The number of para-hydroxylation sites is 1. The Hall–Kier alpha value is -2.15. The highest BCUT2D eigenvalue weighted by Crippen LogP contribution is 2.24. The molecule has 1 unspecified atom stereocenters. The maximum atomic E-state index is 14.2. The van der Waals surface area contributed by atoms with Crippen LogP contribution in [0.3, 0.4) is 0 Å². The van der Waals surface area contributed by atoms with Gasteiger partial charge in [0.05, 0.1) is 18.5 Å². The van der Waals surface area contributed by atoms with Crippen molar-refractivity contribution in [3.63, 3.8) is 0 Å². The Kier molecular flexibility index (Phi) is 6.54. The second kappa shape index (κ2) is 8.63. The van der Waals surface area contributed by atoms with Crippen LogP contribution in [0, 0.1) is 11.2 Å². The highest BCUT2D eigenvalue weighted by atomic mass is 19.1. The van der Waals surface area contributed by atoms with E-state index in [2.05, 4.69) is 20.7 Å². The summed E-state index contributed by atoms with van der Waals surface area (Å²) in [7, 11) is 1.31. The molecule has 7 heteroatoms. The standard InChI is InChI=1S/C17H25FN4O2/c1-11(22-12-7-8-12)15(19)13-5-3-6-14(18)16(13)20-9-4-10-21-17(23)24-2/h3,5-6,11-12,19-20,22H,4,7-10H2,1-2H3,(H,21,23). The molecule has 2 rings (SSSR count). The number of hydrogen-bond donors (Lipinski definition) is 4. The van der Waals surface area contributed by atoms with E-state index in [0.717, 1.165) is 12.8 Å². The van der Waals surface area contributed by atoms with Gasteiger partial charge in [-0.05, 0) is 32.3 Å². The van der Waals surface area contributed by atoms with Crippen LogP contribution in [0.5, 0.6) is 0 Å². The van der Waals surface area contributed by atoms with Crippen molar-refractivity contribution in [3.8, 4) is 0 Å². The smallest absolute Gasteiger partial charge is 0.406 e. The predicted molar refractivity (Wildman–Crippen MR) is 92.4 cm³/mol. The summed E-state index contributed by atoms with van der Waals surface area (Å²) in [6.07, 6.45) is 2.41. The highest BCUT2D eigenvalue weighted by molar-refractivity contribution is 6.06. The first kappa shape index (κ1) is 18.2. The minimum atomic E-state index is -0.483. The van der Waals surface area contributed by atoms with Gasteiger partial charge < -0.3 is 26.1 Å². The van der Waals surface area contributed by atoms with Gasteiger partial charge in [0, 0.05) is 30.7 Å². The quantitative estimate of drug-likeness (QED) is 0.412. The largest absolute Gasteiger partial charge is 0.453 e. The van der Waals surface area contributed by atoms with Gasteiger partial charge in [-0.2, -0.15) is 0 Å². The molecule has 0 saturated heterocycles. The molecule has 1 aromatic carbocycles. The molecule has 1 aromatic rings. The third-order valence-electron chi connectivity index (χ3n) is 3.91. The van der Waals surface area contributed by atoms with Crippen molar-refractivity contribution in [2.24, 2.45) is 0 Å². The molecule has 4 N–H and O–H groups in total. The Morgan fingerprint density at radius 2 is 2.17 bits per heavy atom. The minimum Gasteiger partial charge on any atom is -0.453 e. The summed E-state index contributed by atoms with van der Waals surface area (Å²) in [5.41, 5.74) is 1.28. The van der Waals surface area contributed by atoms with Crippen LogP contribution < -0.4 is 16.0 Å². The number of halogens is 1. The summed E-state index contributed by atoms with van der Waals surface area (Å²) in [6.45, 7) is 2.84. The zero-order valence-electron chi connectivity index (χ0n) is 14.1. The van der Waals surface area contributed by atoms with E-state index in [1.54, 1.807) is 12.1 Å². The number of nitrogens with one attached hydrogen (secondary N) is 4. The van der Waals surface area contributed by atoms with E-state index in [9.17, 15) is 9.18 Å². The lowest BCUT2D eigenvalue weighted by Crippen LogP contribution is -2.36. The number of ether oxygens (including phenoxy) is 1. The van der Waals surface area contributed by atoms with Gasteiger partial charge in [0.25, 0.3) is 0 Å². The summed E-state index contributed by atoms with van der Waals surface area (Å²) in [5.74, 6) is -0.378. The Bertz CT molecular complexity index is 590. The summed E-state index contributed by atoms with van der Waals surface area (Å²) >= 11 is 0. The fourth-order valence-electron chi connectivity index (χ4n) is 2.41. The van der Waals surface area contributed by atoms with Crippen LogP contribution in [0.25, 0.3) is 0 Å². The van der Waals surface area contributed by atoms with Crippen molar-refractivity contribution in [2.75, 3.05) is 25.5 Å². The second-order valence-electron chi connectivity index (χ2n) is 5.94. The number of alkyl carbamates (subject to hydrolysis) is 1. The number of methoxy groups -OCH3 is 1. The third kappa shape index (κ3) is 5.19. The molecule has 0 aromatic heterocycles. The third-order valence-corrected chi connectivity index (χ3v) is 3.91. The number of amides is 1. The van der Waals surface area contributed by atoms with Gasteiger partial charge in [0.1, 0.15) is 5.82 Å². The average Bonchev–Trinajstić information content (AvgIpc) is 3.38. The van der Waals surface area contributed by atoms with Gasteiger partial charge in [-0.1, -0.05) is 12.1 Å². The molecule has 0 aliphatic heterocycles. The van der Waals surface area contributed by atoms with Crippen molar-refractivity contribution < 1.29 is 13.9 Å². The molecular formula is C17H25FN4O2. The molecule has 6 nitrogen and oxygen atoms in total. The lowest BCUT2D eigenvalue weighted by atomic mass is 10.0. The van der Waals surface area contributed by atoms with E-state index < -0.39 is 6.09 Å². The predicted octanol–water partition coefficient (Wildman–Crippen LogP) is 2.49. The van der Waals surface area contributed by atoms with Crippen LogP contribution in [0.4, 0.5) is 14.9 Å². The lowest BCUT2D eigenvalue weighted by molar-refractivity contribution is 0.171. The number of carbonyl (C=O) groups is 1. The monoisotopic (exact) mass is 336 g/mol. The Balaban J connectivity index is 1.93. The van der Waals surface area contributed by atoms with Gasteiger partial charge >= 0.3 is 6.09 Å². The first-order chi connectivity index (χ1) is 11.5. The van der Waals surface area contributed by atoms with Crippen molar-refractivity contribution >= 4 is 17.5 Å². The average molecular weight is 336 g/mol. The lowest BCUT2D eigenvalue weighted by Gasteiger charge is -2.19. The number of benzene rings is 1. The van der Waals surface area contributed by atoms with Crippen LogP contribution in [0.15, 0.2) is 18.2 Å². The minimum absolute atomic E-state index is 0.124. The molecule has 132 valence electrons. The molecule has 1 aliphatic rings. The SMILES string of the molecule is COC(=O)NCCCNc1c(F)cccc1C(=N)C(C)NC1CC1. The normalized spacial score (nSPS) is 14.8. The van der Waals surface area contributed by atoms with Crippen LogP contribution in [-0.2, 0) is 4.74 Å². The fraction of sp³-hybridized carbons (Fsp3) is 0.529. The van der Waals surface area contributed by atoms with Gasteiger partial charge in [-0.15, -0.1) is 0 Å². The second-order valence-corrected chi connectivity index (χ2v) is 5.94. The highest BCUT2D eigenvalue weighted by Gasteiger charge is 2.25.